The highest BCUT2D eigenvalue weighted by atomic mass is 32.1. The van der Waals surface area contributed by atoms with Crippen LogP contribution >= 0.6 is 11.3 Å². The van der Waals surface area contributed by atoms with Crippen molar-refractivity contribution in [3.8, 4) is 0 Å². The van der Waals surface area contributed by atoms with Crippen LogP contribution in [0.4, 0.5) is 0 Å². The van der Waals surface area contributed by atoms with Crippen molar-refractivity contribution in [1.29, 1.82) is 0 Å². The van der Waals surface area contributed by atoms with Crippen LogP contribution in [0.1, 0.15) is 44.3 Å². The second kappa shape index (κ2) is 5.93. The number of thiophene rings is 1. The third kappa shape index (κ3) is 2.56. The monoisotopic (exact) mass is 354 g/mol. The Labute approximate surface area is 146 Å². The van der Waals surface area contributed by atoms with Gasteiger partial charge in [0.05, 0.1) is 16.8 Å². The molecule has 0 radical (unpaired) electrons. The molecule has 0 saturated heterocycles. The molecule has 0 fully saturated rings. The maximum atomic E-state index is 13.1. The van der Waals surface area contributed by atoms with Crippen LogP contribution in [0.5, 0.6) is 0 Å². The number of aryl methyl sites for hydroxylation is 1. The van der Waals surface area contributed by atoms with E-state index in [-0.39, 0.29) is 18.2 Å². The SMILES string of the molecule is O=C1CCCc2c1sc1nc(C(=O)O)n(Cc3ccccc3)c(=O)c21. The second-order valence-electron chi connectivity index (χ2n) is 5.98. The molecule has 25 heavy (non-hydrogen) atoms. The molecule has 0 unspecified atom stereocenters. The van der Waals surface area contributed by atoms with Gasteiger partial charge in [-0.05, 0) is 24.0 Å². The lowest BCUT2D eigenvalue weighted by atomic mass is 9.96. The minimum Gasteiger partial charge on any atom is -0.475 e. The standard InChI is InChI=1S/C18H14N2O4S/c21-12-8-4-7-11-13-16(25-14(11)12)19-15(18(23)24)20(17(13)22)9-10-5-2-1-3-6-10/h1-3,5-6H,4,7-9H2,(H,23,24). The first-order chi connectivity index (χ1) is 12.1. The summed E-state index contributed by atoms with van der Waals surface area (Å²) in [5, 5.41) is 9.90. The van der Waals surface area contributed by atoms with Gasteiger partial charge in [0.2, 0.25) is 5.82 Å². The van der Waals surface area contributed by atoms with Gasteiger partial charge in [0.25, 0.3) is 5.56 Å². The van der Waals surface area contributed by atoms with Gasteiger partial charge in [-0.15, -0.1) is 11.3 Å². The molecule has 0 bridgehead atoms. The first-order valence-corrected chi connectivity index (χ1v) is 8.74. The lowest BCUT2D eigenvalue weighted by molar-refractivity contribution is 0.0676. The molecule has 0 saturated carbocycles. The summed E-state index contributed by atoms with van der Waals surface area (Å²) in [7, 11) is 0. The number of carboxylic acids is 1. The van der Waals surface area contributed by atoms with Gasteiger partial charge in [0, 0.05) is 6.42 Å². The van der Waals surface area contributed by atoms with Crippen LogP contribution in [0.2, 0.25) is 0 Å². The molecule has 2 heterocycles. The number of hydrogen-bond acceptors (Lipinski definition) is 5. The van der Waals surface area contributed by atoms with E-state index in [0.717, 1.165) is 22.5 Å². The number of carbonyl (C=O) groups excluding carboxylic acids is 1. The van der Waals surface area contributed by atoms with E-state index in [1.165, 1.54) is 4.57 Å². The molecule has 1 aliphatic rings. The Kier molecular flexibility index (Phi) is 3.73. The molecule has 0 amide bonds. The number of fused-ring (bicyclic) bond motifs is 3. The Morgan fingerprint density at radius 1 is 1.20 bits per heavy atom. The minimum atomic E-state index is -1.26. The summed E-state index contributed by atoms with van der Waals surface area (Å²) in [5.41, 5.74) is 1.15. The quantitative estimate of drug-likeness (QED) is 0.781. The van der Waals surface area contributed by atoms with Crippen molar-refractivity contribution >= 4 is 33.3 Å². The zero-order chi connectivity index (χ0) is 17.6. The largest absolute Gasteiger partial charge is 0.475 e. The molecule has 3 aromatic rings. The maximum Gasteiger partial charge on any atom is 0.372 e. The summed E-state index contributed by atoms with van der Waals surface area (Å²) in [4.78, 5) is 41.9. The van der Waals surface area contributed by atoms with Crippen LogP contribution in [-0.4, -0.2) is 26.4 Å². The van der Waals surface area contributed by atoms with E-state index in [2.05, 4.69) is 4.98 Å². The minimum absolute atomic E-state index is 0.00938. The first-order valence-electron chi connectivity index (χ1n) is 7.93. The van der Waals surface area contributed by atoms with Gasteiger partial charge in [0.15, 0.2) is 5.78 Å². The fourth-order valence-electron chi connectivity index (χ4n) is 3.22. The molecule has 7 heteroatoms. The average Bonchev–Trinajstić information content (AvgIpc) is 2.98. The van der Waals surface area contributed by atoms with E-state index in [9.17, 15) is 19.5 Å². The Morgan fingerprint density at radius 2 is 1.96 bits per heavy atom. The van der Waals surface area contributed by atoms with Crippen molar-refractivity contribution in [2.24, 2.45) is 0 Å². The van der Waals surface area contributed by atoms with E-state index in [4.69, 9.17) is 0 Å². The Balaban J connectivity index is 1.99. The van der Waals surface area contributed by atoms with E-state index in [1.54, 1.807) is 0 Å². The van der Waals surface area contributed by atoms with Gasteiger partial charge in [-0.2, -0.15) is 0 Å². The van der Waals surface area contributed by atoms with Gasteiger partial charge in [-0.3, -0.25) is 14.2 Å². The van der Waals surface area contributed by atoms with Gasteiger partial charge in [-0.25, -0.2) is 9.78 Å². The van der Waals surface area contributed by atoms with Crippen LogP contribution in [0.3, 0.4) is 0 Å². The Bertz CT molecular complexity index is 1070. The average molecular weight is 354 g/mol. The normalized spacial score (nSPS) is 13.8. The molecule has 4 rings (SSSR count). The van der Waals surface area contributed by atoms with Crippen molar-refractivity contribution in [2.75, 3.05) is 0 Å². The van der Waals surface area contributed by atoms with Gasteiger partial charge in [-0.1, -0.05) is 30.3 Å². The zero-order valence-corrected chi connectivity index (χ0v) is 14.0. The van der Waals surface area contributed by atoms with Crippen LogP contribution in [0, 0.1) is 0 Å². The lowest BCUT2D eigenvalue weighted by Gasteiger charge is -2.11. The van der Waals surface area contributed by atoms with E-state index < -0.39 is 11.5 Å². The molecule has 0 spiro atoms. The molecule has 6 nitrogen and oxygen atoms in total. The van der Waals surface area contributed by atoms with Crippen LogP contribution < -0.4 is 5.56 Å². The summed E-state index contributed by atoms with van der Waals surface area (Å²) >= 11 is 1.13. The second-order valence-corrected chi connectivity index (χ2v) is 6.98. The number of Topliss-reactive ketones (excluding diaryl/α,β-unsaturated/α-hetero) is 1. The fraction of sp³-hybridized carbons (Fsp3) is 0.222. The molecular weight excluding hydrogens is 340 g/mol. The third-order valence-corrected chi connectivity index (χ3v) is 5.54. The maximum absolute atomic E-state index is 13.1. The van der Waals surface area contributed by atoms with Crippen LogP contribution in [-0.2, 0) is 13.0 Å². The molecule has 1 aromatic carbocycles. The summed E-state index contributed by atoms with van der Waals surface area (Å²) in [6.07, 6.45) is 1.82. The number of aromatic nitrogens is 2. The number of ketones is 1. The zero-order valence-electron chi connectivity index (χ0n) is 13.2. The number of carbonyl (C=O) groups is 2. The fourth-order valence-corrected chi connectivity index (χ4v) is 4.40. The predicted octanol–water partition coefficient (Wildman–Crippen LogP) is 2.72. The van der Waals surface area contributed by atoms with E-state index in [0.29, 0.717) is 34.4 Å². The Hall–Kier alpha value is -2.80. The van der Waals surface area contributed by atoms with Crippen molar-refractivity contribution < 1.29 is 14.7 Å². The highest BCUT2D eigenvalue weighted by Crippen LogP contribution is 2.33. The smallest absolute Gasteiger partial charge is 0.372 e. The number of aromatic carboxylic acids is 1. The molecule has 126 valence electrons. The van der Waals surface area contributed by atoms with Crippen molar-refractivity contribution in [3.63, 3.8) is 0 Å². The predicted molar refractivity (Wildman–Crippen MR) is 93.7 cm³/mol. The number of rotatable bonds is 3. The number of hydrogen-bond donors (Lipinski definition) is 1. The summed E-state index contributed by atoms with van der Waals surface area (Å²) in [5.74, 6) is -1.55. The third-order valence-electron chi connectivity index (χ3n) is 4.37. The van der Waals surface area contributed by atoms with Gasteiger partial charge < -0.3 is 5.11 Å². The van der Waals surface area contributed by atoms with Crippen molar-refractivity contribution in [3.05, 3.63) is 62.5 Å². The highest BCUT2D eigenvalue weighted by Gasteiger charge is 2.27. The summed E-state index contributed by atoms with van der Waals surface area (Å²) in [6.45, 7) is 0.128. The molecule has 2 aromatic heterocycles. The molecule has 1 aliphatic carbocycles. The van der Waals surface area contributed by atoms with Gasteiger partial charge >= 0.3 is 5.97 Å². The number of carboxylic acid groups (broad SMARTS) is 1. The molecule has 0 aliphatic heterocycles. The first kappa shape index (κ1) is 15.7. The topological polar surface area (TPSA) is 89.3 Å². The Morgan fingerprint density at radius 3 is 2.68 bits per heavy atom. The van der Waals surface area contributed by atoms with Crippen LogP contribution in [0.15, 0.2) is 35.1 Å². The molecule has 1 N–H and O–H groups in total. The van der Waals surface area contributed by atoms with E-state index in [1.807, 2.05) is 30.3 Å². The highest BCUT2D eigenvalue weighted by molar-refractivity contribution is 7.20. The van der Waals surface area contributed by atoms with Crippen molar-refractivity contribution in [1.82, 2.24) is 9.55 Å². The number of benzene rings is 1. The van der Waals surface area contributed by atoms with E-state index >= 15 is 0 Å². The molecular formula is C18H14N2O4S. The van der Waals surface area contributed by atoms with Gasteiger partial charge in [0.1, 0.15) is 4.83 Å². The number of nitrogens with zero attached hydrogens (tertiary/aromatic N) is 2. The summed E-state index contributed by atoms with van der Waals surface area (Å²) < 4.78 is 1.19. The molecule has 0 atom stereocenters. The summed E-state index contributed by atoms with van der Waals surface area (Å²) in [6, 6.07) is 9.17. The van der Waals surface area contributed by atoms with Crippen molar-refractivity contribution in [2.45, 2.75) is 25.8 Å². The lowest BCUT2D eigenvalue weighted by Crippen LogP contribution is -2.28. The van der Waals surface area contributed by atoms with Crippen LogP contribution in [0.25, 0.3) is 10.2 Å².